The molecule has 1 unspecified atom stereocenters. The summed E-state index contributed by atoms with van der Waals surface area (Å²) in [5.41, 5.74) is -0.267. The van der Waals surface area contributed by atoms with E-state index >= 15 is 0 Å². The molecule has 0 aliphatic carbocycles. The van der Waals surface area contributed by atoms with Crippen LogP contribution < -0.4 is 10.9 Å². The van der Waals surface area contributed by atoms with Gasteiger partial charge in [-0.25, -0.2) is 0 Å². The molecular weight excluding hydrogens is 316 g/mol. The highest BCUT2D eigenvalue weighted by Gasteiger charge is 2.10. The van der Waals surface area contributed by atoms with Gasteiger partial charge in [-0.15, -0.1) is 0 Å². The van der Waals surface area contributed by atoms with Crippen LogP contribution in [0, 0.1) is 0 Å². The fraction of sp³-hybridized carbons (Fsp3) is 0.417. The SMILES string of the molecule is CC(CCC(=O)O)NC(=O)Cn1cc(Br)ccc1=O. The molecule has 0 fully saturated rings. The van der Waals surface area contributed by atoms with Gasteiger partial charge in [-0.05, 0) is 35.3 Å². The maximum atomic E-state index is 11.7. The number of aliphatic carboxylic acids is 1. The molecule has 0 spiro atoms. The molecule has 0 radical (unpaired) electrons. The molecule has 19 heavy (non-hydrogen) atoms. The van der Waals surface area contributed by atoms with E-state index in [9.17, 15) is 14.4 Å². The number of rotatable bonds is 6. The number of aromatic nitrogens is 1. The van der Waals surface area contributed by atoms with E-state index in [0.29, 0.717) is 10.9 Å². The molecule has 2 N–H and O–H groups in total. The van der Waals surface area contributed by atoms with Crippen LogP contribution in [0.5, 0.6) is 0 Å². The first-order valence-electron chi connectivity index (χ1n) is 5.75. The number of nitrogens with zero attached hydrogens (tertiary/aromatic N) is 1. The van der Waals surface area contributed by atoms with Gasteiger partial charge in [0, 0.05) is 29.2 Å². The Kier molecular flexibility index (Phi) is 5.75. The average molecular weight is 331 g/mol. The van der Waals surface area contributed by atoms with Crippen LogP contribution in [-0.2, 0) is 16.1 Å². The van der Waals surface area contributed by atoms with Gasteiger partial charge < -0.3 is 15.0 Å². The van der Waals surface area contributed by atoms with Crippen molar-refractivity contribution in [3.63, 3.8) is 0 Å². The van der Waals surface area contributed by atoms with Crippen molar-refractivity contribution in [3.05, 3.63) is 33.2 Å². The number of pyridine rings is 1. The first-order chi connectivity index (χ1) is 8.88. The highest BCUT2D eigenvalue weighted by Crippen LogP contribution is 2.04. The average Bonchev–Trinajstić information content (AvgIpc) is 2.31. The van der Waals surface area contributed by atoms with Crippen LogP contribution in [0.3, 0.4) is 0 Å². The summed E-state index contributed by atoms with van der Waals surface area (Å²) < 4.78 is 1.99. The molecule has 1 aromatic heterocycles. The zero-order valence-electron chi connectivity index (χ0n) is 10.4. The van der Waals surface area contributed by atoms with Gasteiger partial charge in [-0.2, -0.15) is 0 Å². The maximum absolute atomic E-state index is 11.7. The predicted molar refractivity (Wildman–Crippen MR) is 72.9 cm³/mol. The third kappa shape index (κ3) is 5.69. The van der Waals surface area contributed by atoms with Crippen molar-refractivity contribution in [1.82, 2.24) is 9.88 Å². The van der Waals surface area contributed by atoms with Gasteiger partial charge in [-0.1, -0.05) is 0 Å². The van der Waals surface area contributed by atoms with Gasteiger partial charge in [0.2, 0.25) is 5.91 Å². The zero-order valence-corrected chi connectivity index (χ0v) is 12.0. The van der Waals surface area contributed by atoms with Crippen molar-refractivity contribution >= 4 is 27.8 Å². The largest absolute Gasteiger partial charge is 0.481 e. The Labute approximate surface area is 118 Å². The molecule has 104 valence electrons. The van der Waals surface area contributed by atoms with Crippen LogP contribution >= 0.6 is 15.9 Å². The molecule has 0 saturated heterocycles. The van der Waals surface area contributed by atoms with E-state index in [4.69, 9.17) is 5.11 Å². The molecular formula is C12H15BrN2O4. The number of amides is 1. The lowest BCUT2D eigenvalue weighted by Crippen LogP contribution is -2.37. The van der Waals surface area contributed by atoms with Crippen LogP contribution in [0.2, 0.25) is 0 Å². The highest BCUT2D eigenvalue weighted by molar-refractivity contribution is 9.10. The highest BCUT2D eigenvalue weighted by atomic mass is 79.9. The zero-order chi connectivity index (χ0) is 14.4. The Morgan fingerprint density at radius 3 is 2.79 bits per heavy atom. The first kappa shape index (κ1) is 15.4. The van der Waals surface area contributed by atoms with Crippen LogP contribution in [0.25, 0.3) is 0 Å². The maximum Gasteiger partial charge on any atom is 0.303 e. The summed E-state index contributed by atoms with van der Waals surface area (Å²) in [5.74, 6) is -1.22. The van der Waals surface area contributed by atoms with E-state index in [1.165, 1.54) is 16.8 Å². The summed E-state index contributed by atoms with van der Waals surface area (Å²) in [4.78, 5) is 33.6. The normalized spacial score (nSPS) is 11.9. The fourth-order valence-electron chi connectivity index (χ4n) is 1.51. The number of nitrogens with one attached hydrogen (secondary N) is 1. The fourth-order valence-corrected chi connectivity index (χ4v) is 1.89. The molecule has 1 rings (SSSR count). The molecule has 6 nitrogen and oxygen atoms in total. The minimum absolute atomic E-state index is 0.00171. The Hall–Kier alpha value is -1.63. The number of halogens is 1. The van der Waals surface area contributed by atoms with Gasteiger partial charge in [-0.3, -0.25) is 14.4 Å². The molecule has 1 amide bonds. The number of carbonyl (C=O) groups excluding carboxylic acids is 1. The topological polar surface area (TPSA) is 88.4 Å². The van der Waals surface area contributed by atoms with Crippen molar-refractivity contribution in [2.75, 3.05) is 0 Å². The lowest BCUT2D eigenvalue weighted by molar-refractivity contribution is -0.137. The Morgan fingerprint density at radius 1 is 1.47 bits per heavy atom. The van der Waals surface area contributed by atoms with E-state index in [1.807, 2.05) is 0 Å². The van der Waals surface area contributed by atoms with Gasteiger partial charge >= 0.3 is 5.97 Å². The monoisotopic (exact) mass is 330 g/mol. The van der Waals surface area contributed by atoms with Gasteiger partial charge in [0.15, 0.2) is 0 Å². The molecule has 0 bridgehead atoms. The van der Waals surface area contributed by atoms with E-state index in [0.717, 1.165) is 0 Å². The molecule has 1 atom stereocenters. The lowest BCUT2D eigenvalue weighted by atomic mass is 10.2. The number of carboxylic acids is 1. The lowest BCUT2D eigenvalue weighted by Gasteiger charge is -2.13. The van der Waals surface area contributed by atoms with E-state index < -0.39 is 5.97 Å². The summed E-state index contributed by atoms with van der Waals surface area (Å²) in [6.07, 6.45) is 1.89. The van der Waals surface area contributed by atoms with Crippen molar-refractivity contribution in [1.29, 1.82) is 0 Å². The summed E-state index contributed by atoms with van der Waals surface area (Å²) in [5, 5.41) is 11.2. The smallest absolute Gasteiger partial charge is 0.303 e. The van der Waals surface area contributed by atoms with Crippen molar-refractivity contribution in [2.45, 2.75) is 32.4 Å². The van der Waals surface area contributed by atoms with Crippen LogP contribution in [0.1, 0.15) is 19.8 Å². The minimum atomic E-state index is -0.899. The summed E-state index contributed by atoms with van der Waals surface area (Å²) in [7, 11) is 0. The van der Waals surface area contributed by atoms with Crippen molar-refractivity contribution < 1.29 is 14.7 Å². The second-order valence-electron chi connectivity index (χ2n) is 4.21. The second-order valence-corrected chi connectivity index (χ2v) is 5.13. The molecule has 0 aromatic carbocycles. The van der Waals surface area contributed by atoms with Gasteiger partial charge in [0.1, 0.15) is 6.54 Å². The first-order valence-corrected chi connectivity index (χ1v) is 6.55. The Balaban J connectivity index is 2.53. The van der Waals surface area contributed by atoms with Gasteiger partial charge in [0.05, 0.1) is 0 Å². The third-order valence-electron chi connectivity index (χ3n) is 2.46. The standard InChI is InChI=1S/C12H15BrN2O4/c1-8(2-5-12(18)19)14-10(16)7-15-6-9(13)3-4-11(15)17/h3-4,6,8H,2,5,7H2,1H3,(H,14,16)(H,18,19). The number of hydrogen-bond donors (Lipinski definition) is 2. The minimum Gasteiger partial charge on any atom is -0.481 e. The molecule has 0 aliphatic heterocycles. The van der Waals surface area contributed by atoms with Crippen LogP contribution in [0.15, 0.2) is 27.6 Å². The molecule has 0 aliphatic rings. The van der Waals surface area contributed by atoms with E-state index in [1.54, 1.807) is 13.0 Å². The second kappa shape index (κ2) is 7.08. The summed E-state index contributed by atoms with van der Waals surface area (Å²) in [6.45, 7) is 1.64. The van der Waals surface area contributed by atoms with Gasteiger partial charge in [0.25, 0.3) is 5.56 Å². The Bertz CT molecular complexity index is 527. The quantitative estimate of drug-likeness (QED) is 0.813. The molecule has 1 aromatic rings. The number of hydrogen-bond acceptors (Lipinski definition) is 3. The molecule has 0 saturated carbocycles. The van der Waals surface area contributed by atoms with Crippen LogP contribution in [-0.4, -0.2) is 27.6 Å². The third-order valence-corrected chi connectivity index (χ3v) is 2.93. The van der Waals surface area contributed by atoms with E-state index in [2.05, 4.69) is 21.2 Å². The number of carboxylic acid groups (broad SMARTS) is 1. The molecule has 7 heteroatoms. The number of carbonyl (C=O) groups is 2. The van der Waals surface area contributed by atoms with Crippen molar-refractivity contribution in [2.24, 2.45) is 0 Å². The van der Waals surface area contributed by atoms with E-state index in [-0.39, 0.29) is 30.5 Å². The summed E-state index contributed by atoms with van der Waals surface area (Å²) >= 11 is 3.22. The Morgan fingerprint density at radius 2 is 2.16 bits per heavy atom. The summed E-state index contributed by atoms with van der Waals surface area (Å²) in [6, 6.07) is 2.73. The molecule has 1 heterocycles. The van der Waals surface area contributed by atoms with Crippen molar-refractivity contribution in [3.8, 4) is 0 Å². The van der Waals surface area contributed by atoms with Crippen LogP contribution in [0.4, 0.5) is 0 Å². The predicted octanol–water partition coefficient (Wildman–Crippen LogP) is 0.980.